The molecule has 0 unspecified atom stereocenters. The van der Waals surface area contributed by atoms with Gasteiger partial charge in [-0.1, -0.05) is 0 Å². The number of hydrogen-bond donors (Lipinski definition) is 1. The van der Waals surface area contributed by atoms with Crippen LogP contribution in [-0.4, -0.2) is 32.1 Å². The zero-order valence-electron chi connectivity index (χ0n) is 6.96. The molecular weight excluding hydrogens is 162 g/mol. The number of ether oxygens (including phenoxy) is 1. The third-order valence-electron chi connectivity index (χ3n) is 1.18. The molecule has 0 heterocycles. The number of amides is 1. The number of carboxylic acid groups (broad SMARTS) is 1. The summed E-state index contributed by atoms with van der Waals surface area (Å²) in [6, 6.07) is 0. The second-order valence-corrected chi connectivity index (χ2v) is 2.21. The fraction of sp³-hybridized carbons (Fsp3) is 0.714. The maximum atomic E-state index is 10.8. The lowest BCUT2D eigenvalue weighted by Gasteiger charge is -2.04. The summed E-state index contributed by atoms with van der Waals surface area (Å²) in [5, 5.41) is 12.4. The van der Waals surface area contributed by atoms with Crippen molar-refractivity contribution < 1.29 is 19.4 Å². The average molecular weight is 174 g/mol. The van der Waals surface area contributed by atoms with Crippen LogP contribution in [0.3, 0.4) is 0 Å². The smallest absolute Gasteiger partial charge is 0.220 e. The Morgan fingerprint density at radius 1 is 1.42 bits per heavy atom. The van der Waals surface area contributed by atoms with Gasteiger partial charge in [0.15, 0.2) is 0 Å². The van der Waals surface area contributed by atoms with Crippen molar-refractivity contribution in [3.05, 3.63) is 0 Å². The highest BCUT2D eigenvalue weighted by atomic mass is 16.5. The van der Waals surface area contributed by atoms with E-state index in [1.54, 1.807) is 0 Å². The van der Waals surface area contributed by atoms with E-state index in [0.717, 1.165) is 0 Å². The van der Waals surface area contributed by atoms with Crippen molar-refractivity contribution in [3.8, 4) is 0 Å². The number of methoxy groups -OCH3 is 1. The summed E-state index contributed by atoms with van der Waals surface area (Å²) in [6.07, 6.45) is -0.273. The molecule has 0 bridgehead atoms. The molecule has 0 radical (unpaired) electrons. The van der Waals surface area contributed by atoms with E-state index in [1.807, 2.05) is 0 Å². The second kappa shape index (κ2) is 6.60. The van der Waals surface area contributed by atoms with Crippen LogP contribution in [0, 0.1) is 0 Å². The molecule has 12 heavy (non-hydrogen) atoms. The third-order valence-corrected chi connectivity index (χ3v) is 1.18. The third kappa shape index (κ3) is 7.01. The Hall–Kier alpha value is -1.10. The molecule has 0 aromatic carbocycles. The lowest BCUT2D eigenvalue weighted by Crippen LogP contribution is -2.29. The first-order chi connectivity index (χ1) is 5.66. The van der Waals surface area contributed by atoms with Crippen molar-refractivity contribution in [2.45, 2.75) is 12.8 Å². The lowest BCUT2D eigenvalue weighted by molar-refractivity contribution is -0.305. The number of carboxylic acids is 1. The van der Waals surface area contributed by atoms with Crippen LogP contribution in [0.4, 0.5) is 0 Å². The molecule has 1 N–H and O–H groups in total. The van der Waals surface area contributed by atoms with Gasteiger partial charge in [-0.15, -0.1) is 0 Å². The van der Waals surface area contributed by atoms with Crippen LogP contribution in [0.5, 0.6) is 0 Å². The maximum absolute atomic E-state index is 10.8. The van der Waals surface area contributed by atoms with Crippen molar-refractivity contribution in [3.63, 3.8) is 0 Å². The predicted molar refractivity (Wildman–Crippen MR) is 39.1 cm³/mol. The summed E-state index contributed by atoms with van der Waals surface area (Å²) in [6.45, 7) is 0.833. The number of hydrogen-bond acceptors (Lipinski definition) is 4. The average Bonchev–Trinajstić information content (AvgIpc) is 2.01. The van der Waals surface area contributed by atoms with Crippen molar-refractivity contribution in [2.24, 2.45) is 0 Å². The predicted octanol–water partition coefficient (Wildman–Crippen LogP) is -1.72. The molecule has 0 saturated heterocycles. The van der Waals surface area contributed by atoms with Crippen LogP contribution in [-0.2, 0) is 14.3 Å². The summed E-state index contributed by atoms with van der Waals surface area (Å²) in [4.78, 5) is 20.7. The van der Waals surface area contributed by atoms with E-state index in [0.29, 0.717) is 13.2 Å². The molecule has 0 aliphatic rings. The van der Waals surface area contributed by atoms with Gasteiger partial charge in [-0.25, -0.2) is 0 Å². The Balaban J connectivity index is 3.28. The molecule has 70 valence electrons. The normalized spacial score (nSPS) is 9.42. The van der Waals surface area contributed by atoms with Gasteiger partial charge in [-0.05, 0) is 6.42 Å². The summed E-state index contributed by atoms with van der Waals surface area (Å²) in [5.41, 5.74) is 0. The highest BCUT2D eigenvalue weighted by molar-refractivity contribution is 5.79. The summed E-state index contributed by atoms with van der Waals surface area (Å²) in [5.74, 6) is -1.51. The lowest BCUT2D eigenvalue weighted by atomic mass is 10.3. The Labute approximate surface area is 70.7 Å². The van der Waals surface area contributed by atoms with Crippen molar-refractivity contribution in [1.82, 2.24) is 5.32 Å². The molecule has 0 atom stereocenters. The van der Waals surface area contributed by atoms with Gasteiger partial charge in [0, 0.05) is 26.0 Å². The van der Waals surface area contributed by atoms with E-state index < -0.39 is 5.97 Å². The minimum Gasteiger partial charge on any atom is -0.550 e. The van der Waals surface area contributed by atoms with Gasteiger partial charge >= 0.3 is 0 Å². The molecule has 0 saturated carbocycles. The number of rotatable bonds is 6. The quantitative estimate of drug-likeness (QED) is 0.486. The van der Waals surface area contributed by atoms with E-state index in [2.05, 4.69) is 10.1 Å². The molecule has 1 amide bonds. The minimum atomic E-state index is -1.21. The fourth-order valence-electron chi connectivity index (χ4n) is 0.596. The number of carbonyl (C=O) groups excluding carboxylic acids is 2. The monoisotopic (exact) mass is 174 g/mol. The van der Waals surface area contributed by atoms with Gasteiger partial charge in [0.25, 0.3) is 0 Å². The molecule has 0 aliphatic carbocycles. The Kier molecular flexibility index (Phi) is 6.00. The van der Waals surface area contributed by atoms with E-state index >= 15 is 0 Å². The van der Waals surface area contributed by atoms with Crippen molar-refractivity contribution in [1.29, 1.82) is 0 Å². The van der Waals surface area contributed by atoms with E-state index in [1.165, 1.54) is 7.11 Å². The molecule has 5 heteroatoms. The molecule has 5 nitrogen and oxygen atoms in total. The van der Waals surface area contributed by atoms with Crippen molar-refractivity contribution >= 4 is 11.9 Å². The second-order valence-electron chi connectivity index (χ2n) is 2.21. The SMILES string of the molecule is COCCNC(=O)CCC(=O)[O-]. The first kappa shape index (κ1) is 10.9. The Morgan fingerprint density at radius 2 is 2.08 bits per heavy atom. The summed E-state index contributed by atoms with van der Waals surface area (Å²) >= 11 is 0. The zero-order valence-corrected chi connectivity index (χ0v) is 6.96. The van der Waals surface area contributed by atoms with E-state index in [4.69, 9.17) is 0 Å². The van der Waals surface area contributed by atoms with Crippen LogP contribution >= 0.6 is 0 Å². The standard InChI is InChI=1S/C7H13NO4/c1-12-5-4-8-6(9)2-3-7(10)11/h2-5H2,1H3,(H,8,9)(H,10,11)/p-1. The van der Waals surface area contributed by atoms with E-state index in [9.17, 15) is 14.7 Å². The van der Waals surface area contributed by atoms with Gasteiger partial charge in [0.1, 0.15) is 0 Å². The van der Waals surface area contributed by atoms with Crippen LogP contribution in [0.1, 0.15) is 12.8 Å². The fourth-order valence-corrected chi connectivity index (χ4v) is 0.596. The van der Waals surface area contributed by atoms with Gasteiger partial charge < -0.3 is 20.0 Å². The molecule has 0 fully saturated rings. The van der Waals surface area contributed by atoms with Gasteiger partial charge in [0.2, 0.25) is 5.91 Å². The minimum absolute atomic E-state index is 0.0357. The number of aliphatic carboxylic acids is 1. The van der Waals surface area contributed by atoms with Gasteiger partial charge in [0.05, 0.1) is 6.61 Å². The molecule has 0 spiro atoms. The van der Waals surface area contributed by atoms with Gasteiger partial charge in [-0.3, -0.25) is 4.79 Å². The highest BCUT2D eigenvalue weighted by Gasteiger charge is 1.99. The summed E-state index contributed by atoms with van der Waals surface area (Å²) in [7, 11) is 1.52. The van der Waals surface area contributed by atoms with E-state index in [-0.39, 0.29) is 18.7 Å². The summed E-state index contributed by atoms with van der Waals surface area (Å²) < 4.78 is 4.67. The van der Waals surface area contributed by atoms with Crippen LogP contribution in [0.25, 0.3) is 0 Å². The molecule has 0 aromatic heterocycles. The molecule has 0 aliphatic heterocycles. The number of carbonyl (C=O) groups is 2. The highest BCUT2D eigenvalue weighted by Crippen LogP contribution is 1.85. The Bertz CT molecular complexity index is 157. The largest absolute Gasteiger partial charge is 0.550 e. The van der Waals surface area contributed by atoms with Crippen molar-refractivity contribution in [2.75, 3.05) is 20.3 Å². The van der Waals surface area contributed by atoms with Crippen LogP contribution in [0.2, 0.25) is 0 Å². The molecule has 0 rings (SSSR count). The van der Waals surface area contributed by atoms with Crippen LogP contribution in [0.15, 0.2) is 0 Å². The van der Waals surface area contributed by atoms with Crippen LogP contribution < -0.4 is 10.4 Å². The topological polar surface area (TPSA) is 78.5 Å². The first-order valence-corrected chi connectivity index (χ1v) is 3.62. The number of nitrogens with one attached hydrogen (secondary N) is 1. The maximum Gasteiger partial charge on any atom is 0.220 e. The Morgan fingerprint density at radius 3 is 2.58 bits per heavy atom. The van der Waals surface area contributed by atoms with Gasteiger partial charge in [-0.2, -0.15) is 0 Å². The molecular formula is C7H12NO4-. The first-order valence-electron chi connectivity index (χ1n) is 3.62. The molecule has 0 aromatic rings. The zero-order chi connectivity index (χ0) is 9.40.